The SMILES string of the molecule is COc1cc(CN)ccc1NS(=O)(=O)c1cn(C)c(C)n1. The molecule has 1 aromatic heterocycles. The minimum atomic E-state index is -3.76. The summed E-state index contributed by atoms with van der Waals surface area (Å²) in [6, 6.07) is 5.06. The zero-order valence-corrected chi connectivity index (χ0v) is 12.9. The normalized spacial score (nSPS) is 11.4. The predicted octanol–water partition coefficient (Wildman–Crippen LogP) is 0.997. The molecule has 0 aliphatic heterocycles. The molecule has 0 amide bonds. The lowest BCUT2D eigenvalue weighted by atomic mass is 10.2. The number of hydrogen-bond acceptors (Lipinski definition) is 5. The highest BCUT2D eigenvalue weighted by atomic mass is 32.2. The molecule has 3 N–H and O–H groups in total. The molecule has 8 heteroatoms. The Morgan fingerprint density at radius 2 is 2.14 bits per heavy atom. The molecule has 2 aromatic rings. The van der Waals surface area contributed by atoms with E-state index in [4.69, 9.17) is 10.5 Å². The van der Waals surface area contributed by atoms with E-state index in [2.05, 4.69) is 9.71 Å². The number of ether oxygens (including phenoxy) is 1. The number of imidazole rings is 1. The number of aryl methyl sites for hydroxylation is 2. The van der Waals surface area contributed by atoms with E-state index in [1.54, 1.807) is 36.7 Å². The van der Waals surface area contributed by atoms with Crippen LogP contribution in [0, 0.1) is 6.92 Å². The van der Waals surface area contributed by atoms with Crippen molar-refractivity contribution in [2.45, 2.75) is 18.5 Å². The molecule has 0 aliphatic carbocycles. The van der Waals surface area contributed by atoms with Crippen molar-refractivity contribution in [2.75, 3.05) is 11.8 Å². The minimum absolute atomic E-state index is 0.0348. The van der Waals surface area contributed by atoms with Crippen molar-refractivity contribution in [1.82, 2.24) is 9.55 Å². The first-order valence-electron chi connectivity index (χ1n) is 6.27. The molecule has 0 fully saturated rings. The van der Waals surface area contributed by atoms with Crippen LogP contribution in [0.1, 0.15) is 11.4 Å². The quantitative estimate of drug-likeness (QED) is 0.858. The zero-order chi connectivity index (χ0) is 15.6. The topological polar surface area (TPSA) is 99.2 Å². The van der Waals surface area contributed by atoms with Crippen LogP contribution in [0.5, 0.6) is 5.75 Å². The summed E-state index contributed by atoms with van der Waals surface area (Å²) in [7, 11) is -0.556. The van der Waals surface area contributed by atoms with Crippen LogP contribution in [0.3, 0.4) is 0 Å². The van der Waals surface area contributed by atoms with Crippen molar-refractivity contribution < 1.29 is 13.2 Å². The summed E-state index contributed by atoms with van der Waals surface area (Å²) in [6.45, 7) is 2.08. The number of anilines is 1. The van der Waals surface area contributed by atoms with E-state index in [0.29, 0.717) is 23.8 Å². The van der Waals surface area contributed by atoms with Crippen molar-refractivity contribution in [1.29, 1.82) is 0 Å². The van der Waals surface area contributed by atoms with Gasteiger partial charge in [0.2, 0.25) is 0 Å². The minimum Gasteiger partial charge on any atom is -0.495 e. The van der Waals surface area contributed by atoms with E-state index >= 15 is 0 Å². The predicted molar refractivity (Wildman–Crippen MR) is 79.6 cm³/mol. The van der Waals surface area contributed by atoms with E-state index in [0.717, 1.165) is 5.56 Å². The van der Waals surface area contributed by atoms with Gasteiger partial charge in [0.15, 0.2) is 5.03 Å². The van der Waals surface area contributed by atoms with Crippen LogP contribution in [-0.4, -0.2) is 25.1 Å². The average Bonchev–Trinajstić information content (AvgIpc) is 2.79. The van der Waals surface area contributed by atoms with Gasteiger partial charge in [-0.2, -0.15) is 8.42 Å². The molecular formula is C13H18N4O3S. The van der Waals surface area contributed by atoms with Crippen molar-refractivity contribution in [3.05, 3.63) is 35.8 Å². The molecule has 7 nitrogen and oxygen atoms in total. The van der Waals surface area contributed by atoms with Gasteiger partial charge in [-0.1, -0.05) is 6.07 Å². The molecule has 0 saturated carbocycles. The van der Waals surface area contributed by atoms with Crippen LogP contribution in [0.25, 0.3) is 0 Å². The van der Waals surface area contributed by atoms with Crippen LogP contribution in [0.4, 0.5) is 5.69 Å². The fourth-order valence-electron chi connectivity index (χ4n) is 1.80. The number of nitrogens with two attached hydrogens (primary N) is 1. The third kappa shape index (κ3) is 3.17. The Hall–Kier alpha value is -2.06. The molecule has 2 rings (SSSR count). The van der Waals surface area contributed by atoms with E-state index in [-0.39, 0.29) is 5.03 Å². The number of nitrogens with one attached hydrogen (secondary N) is 1. The standard InChI is InChI=1S/C13H18N4O3S/c1-9-15-13(8-17(9)2)21(18,19)16-11-5-4-10(7-14)6-12(11)20-3/h4-6,8,16H,7,14H2,1-3H3. The van der Waals surface area contributed by atoms with E-state index in [1.807, 2.05) is 0 Å². The Bertz CT molecular complexity index is 733. The third-order valence-corrected chi connectivity index (χ3v) is 4.34. The number of aromatic nitrogens is 2. The van der Waals surface area contributed by atoms with Crippen LogP contribution >= 0.6 is 0 Å². The van der Waals surface area contributed by atoms with Gasteiger partial charge in [-0.25, -0.2) is 4.98 Å². The van der Waals surface area contributed by atoms with E-state index in [9.17, 15) is 8.42 Å². The van der Waals surface area contributed by atoms with Gasteiger partial charge in [-0.15, -0.1) is 0 Å². The van der Waals surface area contributed by atoms with Crippen molar-refractivity contribution in [2.24, 2.45) is 12.8 Å². The molecule has 0 radical (unpaired) electrons. The Labute approximate surface area is 123 Å². The molecule has 0 aliphatic rings. The van der Waals surface area contributed by atoms with Crippen molar-refractivity contribution in [3.63, 3.8) is 0 Å². The van der Waals surface area contributed by atoms with Crippen molar-refractivity contribution >= 4 is 15.7 Å². The average molecular weight is 310 g/mol. The molecule has 114 valence electrons. The Kier molecular flexibility index (Phi) is 4.19. The second-order valence-corrected chi connectivity index (χ2v) is 6.21. The van der Waals surface area contributed by atoms with E-state index < -0.39 is 10.0 Å². The Morgan fingerprint density at radius 3 is 2.67 bits per heavy atom. The molecular weight excluding hydrogens is 292 g/mol. The lowest BCUT2D eigenvalue weighted by Gasteiger charge is -2.11. The number of methoxy groups -OCH3 is 1. The second kappa shape index (κ2) is 5.74. The first kappa shape index (κ1) is 15.3. The van der Waals surface area contributed by atoms with Gasteiger partial charge < -0.3 is 15.0 Å². The molecule has 0 bridgehead atoms. The number of rotatable bonds is 5. The summed E-state index contributed by atoms with van der Waals surface area (Å²) in [5.74, 6) is 1.02. The summed E-state index contributed by atoms with van der Waals surface area (Å²) < 4.78 is 34.0. The molecule has 0 unspecified atom stereocenters. The van der Waals surface area contributed by atoms with Gasteiger partial charge in [0.25, 0.3) is 10.0 Å². The summed E-state index contributed by atoms with van der Waals surface area (Å²) in [6.07, 6.45) is 1.46. The highest BCUT2D eigenvalue weighted by Crippen LogP contribution is 2.27. The Morgan fingerprint density at radius 1 is 1.43 bits per heavy atom. The van der Waals surface area contributed by atoms with Crippen molar-refractivity contribution in [3.8, 4) is 5.75 Å². The molecule has 0 atom stereocenters. The van der Waals surface area contributed by atoms with Gasteiger partial charge in [-0.3, -0.25) is 4.72 Å². The number of sulfonamides is 1. The fraction of sp³-hybridized carbons (Fsp3) is 0.308. The van der Waals surface area contributed by atoms with Gasteiger partial charge in [0.05, 0.1) is 12.8 Å². The summed E-state index contributed by atoms with van der Waals surface area (Å²) in [4.78, 5) is 4.02. The first-order valence-corrected chi connectivity index (χ1v) is 7.75. The lowest BCUT2D eigenvalue weighted by Crippen LogP contribution is -2.14. The summed E-state index contributed by atoms with van der Waals surface area (Å²) >= 11 is 0. The van der Waals surface area contributed by atoms with Gasteiger partial charge in [0.1, 0.15) is 11.6 Å². The smallest absolute Gasteiger partial charge is 0.281 e. The first-order chi connectivity index (χ1) is 9.87. The maximum atomic E-state index is 12.3. The second-order valence-electron chi connectivity index (χ2n) is 4.58. The van der Waals surface area contributed by atoms with Crippen LogP contribution in [0.15, 0.2) is 29.4 Å². The van der Waals surface area contributed by atoms with Gasteiger partial charge in [0, 0.05) is 19.8 Å². The van der Waals surface area contributed by atoms with Crippen LogP contribution < -0.4 is 15.2 Å². The molecule has 1 heterocycles. The monoisotopic (exact) mass is 310 g/mol. The zero-order valence-electron chi connectivity index (χ0n) is 12.1. The van der Waals surface area contributed by atoms with Crippen LogP contribution in [-0.2, 0) is 23.6 Å². The summed E-state index contributed by atoms with van der Waals surface area (Å²) in [5, 5.41) is -0.0348. The maximum Gasteiger partial charge on any atom is 0.281 e. The van der Waals surface area contributed by atoms with Gasteiger partial charge >= 0.3 is 0 Å². The third-order valence-electron chi connectivity index (χ3n) is 3.11. The Balaban J connectivity index is 2.36. The van der Waals surface area contributed by atoms with Crippen LogP contribution in [0.2, 0.25) is 0 Å². The fourth-order valence-corrected chi connectivity index (χ4v) is 2.91. The largest absolute Gasteiger partial charge is 0.495 e. The maximum absolute atomic E-state index is 12.3. The van der Waals surface area contributed by atoms with E-state index in [1.165, 1.54) is 13.3 Å². The number of hydrogen-bond donors (Lipinski definition) is 2. The molecule has 21 heavy (non-hydrogen) atoms. The van der Waals surface area contributed by atoms with Gasteiger partial charge in [-0.05, 0) is 24.6 Å². The lowest BCUT2D eigenvalue weighted by molar-refractivity contribution is 0.416. The number of nitrogens with zero attached hydrogens (tertiary/aromatic N) is 2. The molecule has 1 aromatic carbocycles. The molecule has 0 spiro atoms. The highest BCUT2D eigenvalue weighted by Gasteiger charge is 2.20. The highest BCUT2D eigenvalue weighted by molar-refractivity contribution is 7.92. The number of benzene rings is 1. The summed E-state index contributed by atoms with van der Waals surface area (Å²) in [5.41, 5.74) is 6.75. The molecule has 0 saturated heterocycles.